The first-order chi connectivity index (χ1) is 12.6. The van der Waals surface area contributed by atoms with Crippen LogP contribution in [-0.4, -0.2) is 48.9 Å². The summed E-state index contributed by atoms with van der Waals surface area (Å²) in [6.07, 6.45) is 9.87. The van der Waals surface area contributed by atoms with Gasteiger partial charge in [0.25, 0.3) is 0 Å². The van der Waals surface area contributed by atoms with E-state index in [0.29, 0.717) is 11.8 Å². The van der Waals surface area contributed by atoms with Crippen molar-refractivity contribution < 1.29 is 4.79 Å². The fourth-order valence-electron chi connectivity index (χ4n) is 5.06. The number of aryl methyl sites for hydroxylation is 1. The summed E-state index contributed by atoms with van der Waals surface area (Å²) < 4.78 is 0. The highest BCUT2D eigenvalue weighted by molar-refractivity contribution is 6.31. The molecular weight excluding hydrogens is 379 g/mol. The van der Waals surface area contributed by atoms with Crippen molar-refractivity contribution in [1.29, 1.82) is 0 Å². The molecule has 3 nitrogen and oxygen atoms in total. The number of fused-ring (bicyclic) bond motifs is 1. The van der Waals surface area contributed by atoms with Crippen molar-refractivity contribution in [3.8, 4) is 0 Å². The van der Waals surface area contributed by atoms with E-state index < -0.39 is 0 Å². The monoisotopic (exact) mass is 410 g/mol. The SMILES string of the molecule is CN1CCN(C(=O)C2CCc3cc(C4CCCCCC4)c(Cl)cc32)CC1.Cl. The van der Waals surface area contributed by atoms with Crippen LogP contribution in [0.1, 0.15) is 73.5 Å². The average molecular weight is 411 g/mol. The van der Waals surface area contributed by atoms with E-state index in [2.05, 4.69) is 29.0 Å². The maximum atomic E-state index is 13.1. The molecule has 0 N–H and O–H groups in total. The third-order valence-corrected chi connectivity index (χ3v) is 7.07. The van der Waals surface area contributed by atoms with Gasteiger partial charge in [0.05, 0.1) is 5.92 Å². The van der Waals surface area contributed by atoms with Gasteiger partial charge < -0.3 is 9.80 Å². The quantitative estimate of drug-likeness (QED) is 0.640. The van der Waals surface area contributed by atoms with Crippen LogP contribution in [0.5, 0.6) is 0 Å². The zero-order chi connectivity index (χ0) is 18.1. The summed E-state index contributed by atoms with van der Waals surface area (Å²) >= 11 is 6.74. The smallest absolute Gasteiger partial charge is 0.230 e. The van der Waals surface area contributed by atoms with Gasteiger partial charge in [-0.25, -0.2) is 0 Å². The molecule has 27 heavy (non-hydrogen) atoms. The van der Waals surface area contributed by atoms with Crippen LogP contribution >= 0.6 is 24.0 Å². The normalized spacial score (nSPS) is 24.2. The Kier molecular flexibility index (Phi) is 7.10. The van der Waals surface area contributed by atoms with Crippen LogP contribution in [0.25, 0.3) is 0 Å². The molecule has 0 spiro atoms. The van der Waals surface area contributed by atoms with Crippen LogP contribution in [0.15, 0.2) is 12.1 Å². The first-order valence-corrected chi connectivity index (χ1v) is 10.8. The summed E-state index contributed by atoms with van der Waals surface area (Å²) in [5.41, 5.74) is 3.93. The lowest BCUT2D eigenvalue weighted by atomic mass is 9.89. The molecule has 150 valence electrons. The summed E-state index contributed by atoms with van der Waals surface area (Å²) in [5.74, 6) is 0.951. The van der Waals surface area contributed by atoms with Crippen LogP contribution in [0.3, 0.4) is 0 Å². The lowest BCUT2D eigenvalue weighted by Gasteiger charge is -2.34. The Morgan fingerprint density at radius 1 is 0.963 bits per heavy atom. The van der Waals surface area contributed by atoms with E-state index >= 15 is 0 Å². The molecule has 1 saturated heterocycles. The van der Waals surface area contributed by atoms with E-state index in [1.165, 1.54) is 55.2 Å². The van der Waals surface area contributed by atoms with Gasteiger partial charge in [0, 0.05) is 31.2 Å². The van der Waals surface area contributed by atoms with Crippen molar-refractivity contribution in [2.75, 3.05) is 33.2 Å². The topological polar surface area (TPSA) is 23.6 Å². The van der Waals surface area contributed by atoms with Gasteiger partial charge >= 0.3 is 0 Å². The largest absolute Gasteiger partial charge is 0.340 e. The van der Waals surface area contributed by atoms with Crippen LogP contribution < -0.4 is 0 Å². The number of rotatable bonds is 2. The molecule has 4 rings (SSSR count). The first kappa shape index (κ1) is 21.0. The lowest BCUT2D eigenvalue weighted by molar-refractivity contribution is -0.134. The second-order valence-corrected chi connectivity index (χ2v) is 8.89. The summed E-state index contributed by atoms with van der Waals surface area (Å²) in [7, 11) is 2.13. The van der Waals surface area contributed by atoms with Crippen LogP contribution in [-0.2, 0) is 11.2 Å². The van der Waals surface area contributed by atoms with E-state index in [1.54, 1.807) is 0 Å². The Morgan fingerprint density at radius 2 is 1.63 bits per heavy atom. The Hall–Kier alpha value is -0.770. The zero-order valence-corrected chi connectivity index (χ0v) is 18.0. The third kappa shape index (κ3) is 4.46. The number of likely N-dealkylation sites (N-methyl/N-ethyl adjacent to an activating group) is 1. The predicted octanol–water partition coefficient (Wildman–Crippen LogP) is 5.00. The van der Waals surface area contributed by atoms with Crippen LogP contribution in [0, 0.1) is 0 Å². The molecule has 0 radical (unpaired) electrons. The van der Waals surface area contributed by atoms with Crippen molar-refractivity contribution in [1.82, 2.24) is 9.80 Å². The molecule has 1 unspecified atom stereocenters. The summed E-state index contributed by atoms with van der Waals surface area (Å²) in [5, 5.41) is 0.897. The molecule has 0 bridgehead atoms. The van der Waals surface area contributed by atoms with Crippen molar-refractivity contribution in [2.24, 2.45) is 0 Å². The van der Waals surface area contributed by atoms with E-state index in [4.69, 9.17) is 11.6 Å². The molecule has 2 fully saturated rings. The minimum absolute atomic E-state index is 0. The minimum Gasteiger partial charge on any atom is -0.340 e. The van der Waals surface area contributed by atoms with Gasteiger partial charge in [-0.2, -0.15) is 0 Å². The predicted molar refractivity (Wildman–Crippen MR) is 114 cm³/mol. The van der Waals surface area contributed by atoms with Crippen molar-refractivity contribution in [3.63, 3.8) is 0 Å². The Morgan fingerprint density at radius 3 is 2.30 bits per heavy atom. The van der Waals surface area contributed by atoms with Crippen LogP contribution in [0.2, 0.25) is 5.02 Å². The zero-order valence-electron chi connectivity index (χ0n) is 16.4. The standard InChI is InChI=1S/C22H31ClN2O.ClH/c1-24-10-12-25(13-11-24)22(26)18-9-8-17-14-20(21(23)15-19(17)18)16-6-4-2-3-5-7-16;/h14-16,18H,2-13H2,1H3;1H. The van der Waals surface area contributed by atoms with E-state index in [0.717, 1.165) is 44.0 Å². The number of halogens is 2. The number of piperazine rings is 1. The molecule has 1 heterocycles. The Balaban J connectivity index is 0.00000210. The fourth-order valence-corrected chi connectivity index (χ4v) is 5.38. The van der Waals surface area contributed by atoms with Gasteiger partial charge in [0.2, 0.25) is 5.91 Å². The third-order valence-electron chi connectivity index (χ3n) is 6.74. The second-order valence-electron chi connectivity index (χ2n) is 8.48. The summed E-state index contributed by atoms with van der Waals surface area (Å²) in [6.45, 7) is 3.67. The van der Waals surface area contributed by atoms with Gasteiger partial charge in [0.15, 0.2) is 0 Å². The highest BCUT2D eigenvalue weighted by Crippen LogP contribution is 2.42. The molecule has 1 atom stereocenters. The molecule has 1 aliphatic heterocycles. The highest BCUT2D eigenvalue weighted by Gasteiger charge is 2.34. The lowest BCUT2D eigenvalue weighted by Crippen LogP contribution is -2.48. The average Bonchev–Trinajstić information content (AvgIpc) is 2.86. The maximum Gasteiger partial charge on any atom is 0.230 e. The molecule has 1 amide bonds. The molecule has 5 heteroatoms. The number of amides is 1. The minimum atomic E-state index is 0. The summed E-state index contributed by atoms with van der Waals surface area (Å²) in [6, 6.07) is 4.49. The highest BCUT2D eigenvalue weighted by atomic mass is 35.5. The maximum absolute atomic E-state index is 13.1. The van der Waals surface area contributed by atoms with E-state index in [-0.39, 0.29) is 18.3 Å². The van der Waals surface area contributed by atoms with Gasteiger partial charge in [-0.1, -0.05) is 43.4 Å². The molecular formula is C22H32Cl2N2O. The summed E-state index contributed by atoms with van der Waals surface area (Å²) in [4.78, 5) is 17.4. The fraction of sp³-hybridized carbons (Fsp3) is 0.682. The van der Waals surface area contributed by atoms with Gasteiger partial charge in [-0.3, -0.25) is 4.79 Å². The van der Waals surface area contributed by atoms with Gasteiger partial charge in [0.1, 0.15) is 0 Å². The van der Waals surface area contributed by atoms with Crippen molar-refractivity contribution in [2.45, 2.75) is 63.2 Å². The van der Waals surface area contributed by atoms with Gasteiger partial charge in [-0.05, 0) is 61.4 Å². The molecule has 3 aliphatic rings. The first-order valence-electron chi connectivity index (χ1n) is 10.4. The van der Waals surface area contributed by atoms with E-state index in [1.807, 2.05) is 0 Å². The Labute approximate surface area is 174 Å². The number of benzene rings is 1. The van der Waals surface area contributed by atoms with E-state index in [9.17, 15) is 4.79 Å². The number of carbonyl (C=O) groups excluding carboxylic acids is 1. The molecule has 1 saturated carbocycles. The van der Waals surface area contributed by atoms with Crippen LogP contribution in [0.4, 0.5) is 0 Å². The number of nitrogens with zero attached hydrogens (tertiary/aromatic N) is 2. The Bertz CT molecular complexity index is 663. The number of carbonyl (C=O) groups is 1. The van der Waals surface area contributed by atoms with Gasteiger partial charge in [-0.15, -0.1) is 12.4 Å². The molecule has 1 aromatic carbocycles. The number of hydrogen-bond acceptors (Lipinski definition) is 2. The van der Waals surface area contributed by atoms with Crippen molar-refractivity contribution in [3.05, 3.63) is 33.8 Å². The number of hydrogen-bond donors (Lipinski definition) is 0. The molecule has 0 aromatic heterocycles. The second kappa shape index (κ2) is 9.15. The van der Waals surface area contributed by atoms with Crippen molar-refractivity contribution >= 4 is 29.9 Å². The molecule has 1 aromatic rings. The molecule has 2 aliphatic carbocycles.